The first-order valence-corrected chi connectivity index (χ1v) is 22.2. The summed E-state index contributed by atoms with van der Waals surface area (Å²) in [6, 6.07) is 74.7. The monoisotopic (exact) mass is 818 g/mol. The number of benzene rings is 9. The lowest BCUT2D eigenvalue weighted by atomic mass is 9.98. The molecular weight excluding hydrogens is 785 g/mol. The number of nitrogens with zero attached hydrogens (tertiary/aromatic N) is 4. The van der Waals surface area contributed by atoms with Gasteiger partial charge in [-0.1, -0.05) is 164 Å². The number of para-hydroxylation sites is 1. The molecule has 0 saturated carbocycles. The van der Waals surface area contributed by atoms with Crippen LogP contribution in [0.25, 0.3) is 131 Å². The first kappa shape index (κ1) is 34.6. The van der Waals surface area contributed by atoms with Crippen LogP contribution >= 0.6 is 11.3 Å². The van der Waals surface area contributed by atoms with Gasteiger partial charge in [-0.25, -0.2) is 9.97 Å². The minimum atomic E-state index is 0.659. The average molecular weight is 819 g/mol. The van der Waals surface area contributed by atoms with Crippen molar-refractivity contribution in [3.8, 4) is 50.6 Å². The molecule has 9 aromatic carbocycles. The van der Waals surface area contributed by atoms with Crippen molar-refractivity contribution in [3.05, 3.63) is 206 Å². The van der Waals surface area contributed by atoms with Gasteiger partial charge in [0.2, 0.25) is 5.95 Å². The van der Waals surface area contributed by atoms with Crippen molar-refractivity contribution < 1.29 is 0 Å². The Morgan fingerprint density at radius 3 is 1.60 bits per heavy atom. The molecule has 0 fully saturated rings. The molecule has 0 radical (unpaired) electrons. The van der Waals surface area contributed by atoms with Crippen molar-refractivity contribution >= 4 is 91.5 Å². The second kappa shape index (κ2) is 13.2. The van der Waals surface area contributed by atoms with E-state index in [1.54, 1.807) is 11.3 Å². The summed E-state index contributed by atoms with van der Waals surface area (Å²) in [6.07, 6.45) is 0. The summed E-state index contributed by atoms with van der Waals surface area (Å²) in [5.41, 5.74) is 15.9. The predicted molar refractivity (Wildman–Crippen MR) is 266 cm³/mol. The van der Waals surface area contributed by atoms with Gasteiger partial charge in [-0.3, -0.25) is 4.57 Å². The Kier molecular flexibility index (Phi) is 7.24. The van der Waals surface area contributed by atoms with Crippen LogP contribution in [-0.4, -0.2) is 18.9 Å². The van der Waals surface area contributed by atoms with Crippen LogP contribution in [0.1, 0.15) is 0 Å². The Morgan fingerprint density at radius 2 is 0.889 bits per heavy atom. The topological polar surface area (TPSA) is 35.1 Å². The largest absolute Gasteiger partial charge is 0.308 e. The van der Waals surface area contributed by atoms with Gasteiger partial charge >= 0.3 is 0 Å². The third-order valence-corrected chi connectivity index (χ3v) is 14.2. The molecule has 0 saturated heterocycles. The lowest BCUT2D eigenvalue weighted by Gasteiger charge is -2.11. The maximum atomic E-state index is 5.65. The zero-order valence-corrected chi connectivity index (χ0v) is 34.6. The SMILES string of the molecule is c1ccc(-c2ccc(-c3nc(-n4c5ccc(-c6ccccc6)cc5c5c6c7ccccc7n7c8ccc(-c9ccccc9)cc8c(cc54)c67)nc4c3sc3ccccc34)cc2)cc1. The summed E-state index contributed by atoms with van der Waals surface area (Å²) in [5, 5.41) is 8.46. The summed E-state index contributed by atoms with van der Waals surface area (Å²) in [6.45, 7) is 0. The minimum Gasteiger partial charge on any atom is -0.308 e. The molecule has 0 bridgehead atoms. The lowest BCUT2D eigenvalue weighted by Crippen LogP contribution is -2.02. The molecule has 5 heterocycles. The van der Waals surface area contributed by atoms with Gasteiger partial charge in [0.15, 0.2) is 0 Å². The number of fused-ring (bicyclic) bond motifs is 13. The van der Waals surface area contributed by atoms with E-state index in [-0.39, 0.29) is 0 Å². The smallest absolute Gasteiger partial charge is 0.235 e. The Morgan fingerprint density at radius 1 is 0.349 bits per heavy atom. The fourth-order valence-corrected chi connectivity index (χ4v) is 11.4. The van der Waals surface area contributed by atoms with E-state index in [1.165, 1.54) is 86.9 Å². The molecule has 0 N–H and O–H groups in total. The molecule has 5 heteroatoms. The van der Waals surface area contributed by atoms with Crippen molar-refractivity contribution in [1.82, 2.24) is 18.9 Å². The van der Waals surface area contributed by atoms with Crippen LogP contribution < -0.4 is 0 Å². The lowest BCUT2D eigenvalue weighted by molar-refractivity contribution is 1.02. The second-order valence-corrected chi connectivity index (χ2v) is 17.6. The van der Waals surface area contributed by atoms with Gasteiger partial charge < -0.3 is 4.40 Å². The fraction of sp³-hybridized carbons (Fsp3) is 0. The molecule has 14 rings (SSSR count). The second-order valence-electron chi connectivity index (χ2n) is 16.5. The van der Waals surface area contributed by atoms with E-state index >= 15 is 0 Å². The van der Waals surface area contributed by atoms with Crippen LogP contribution in [0.3, 0.4) is 0 Å². The van der Waals surface area contributed by atoms with Crippen molar-refractivity contribution in [1.29, 1.82) is 0 Å². The van der Waals surface area contributed by atoms with Gasteiger partial charge in [0.1, 0.15) is 0 Å². The van der Waals surface area contributed by atoms with Crippen LogP contribution in [0.5, 0.6) is 0 Å². The normalized spacial score (nSPS) is 12.1. The maximum Gasteiger partial charge on any atom is 0.235 e. The quantitative estimate of drug-likeness (QED) is 0.173. The highest BCUT2D eigenvalue weighted by molar-refractivity contribution is 7.26. The molecule has 292 valence electrons. The molecule has 5 aromatic heterocycles. The zero-order valence-electron chi connectivity index (χ0n) is 33.8. The molecule has 0 aliphatic heterocycles. The van der Waals surface area contributed by atoms with Crippen molar-refractivity contribution in [2.45, 2.75) is 0 Å². The summed E-state index contributed by atoms with van der Waals surface area (Å²) in [7, 11) is 0. The Bertz CT molecular complexity index is 4110. The Labute approximate surface area is 365 Å². The number of hydrogen-bond acceptors (Lipinski definition) is 3. The summed E-state index contributed by atoms with van der Waals surface area (Å²) in [5.74, 6) is 0.659. The molecule has 0 atom stereocenters. The van der Waals surface area contributed by atoms with E-state index in [0.29, 0.717) is 5.95 Å². The highest BCUT2D eigenvalue weighted by atomic mass is 32.1. The van der Waals surface area contributed by atoms with Gasteiger partial charge in [-0.15, -0.1) is 11.3 Å². The van der Waals surface area contributed by atoms with Crippen LogP contribution in [0.4, 0.5) is 0 Å². The van der Waals surface area contributed by atoms with Crippen LogP contribution in [0.15, 0.2) is 206 Å². The molecule has 0 spiro atoms. The molecule has 0 unspecified atom stereocenters. The standard InChI is InChI=1S/C58H34N4S/c1-4-14-35(15-5-1)38-24-26-39(27-25-38)54-57-55(43-21-11-13-23-51(43)63-57)60-58(59-54)62-49-31-29-41(37-18-8-3-9-19-37)33-46(49)52-50(62)34-45-44-32-40(36-16-6-2-7-17-36)28-30-48(44)61-47-22-12-10-20-42(47)53(52)56(45)61/h1-34H. The molecule has 4 nitrogen and oxygen atoms in total. The average Bonchev–Trinajstić information content (AvgIpc) is 4.09. The molecule has 0 amide bonds. The Balaban J connectivity index is 1.13. The predicted octanol–water partition coefficient (Wildman–Crippen LogP) is 15.8. The number of rotatable bonds is 5. The van der Waals surface area contributed by atoms with Gasteiger partial charge in [-0.05, 0) is 75.8 Å². The minimum absolute atomic E-state index is 0.659. The summed E-state index contributed by atoms with van der Waals surface area (Å²) in [4.78, 5) is 11.2. The third kappa shape index (κ3) is 5.03. The van der Waals surface area contributed by atoms with Crippen LogP contribution in [0.2, 0.25) is 0 Å². The first-order chi connectivity index (χ1) is 31.2. The summed E-state index contributed by atoms with van der Waals surface area (Å²) < 4.78 is 7.12. The molecule has 0 aliphatic carbocycles. The van der Waals surface area contributed by atoms with Gasteiger partial charge in [0, 0.05) is 48.0 Å². The molecular formula is C58H34N4S. The molecule has 0 aliphatic rings. The first-order valence-electron chi connectivity index (χ1n) is 21.4. The van der Waals surface area contributed by atoms with Crippen molar-refractivity contribution in [3.63, 3.8) is 0 Å². The number of hydrogen-bond donors (Lipinski definition) is 0. The van der Waals surface area contributed by atoms with E-state index in [0.717, 1.165) is 37.9 Å². The molecule has 63 heavy (non-hydrogen) atoms. The third-order valence-electron chi connectivity index (χ3n) is 13.1. The van der Waals surface area contributed by atoms with Crippen molar-refractivity contribution in [2.24, 2.45) is 0 Å². The van der Waals surface area contributed by atoms with Gasteiger partial charge in [0.25, 0.3) is 0 Å². The number of thiophene rings is 1. The maximum absolute atomic E-state index is 5.65. The van der Waals surface area contributed by atoms with E-state index in [9.17, 15) is 0 Å². The number of aromatic nitrogens is 4. The summed E-state index contributed by atoms with van der Waals surface area (Å²) >= 11 is 1.77. The van der Waals surface area contributed by atoms with E-state index in [4.69, 9.17) is 9.97 Å². The Hall–Kier alpha value is -8.12. The van der Waals surface area contributed by atoms with E-state index in [1.807, 2.05) is 0 Å². The molecule has 14 aromatic rings. The van der Waals surface area contributed by atoms with Crippen molar-refractivity contribution in [2.75, 3.05) is 0 Å². The van der Waals surface area contributed by atoms with Crippen LogP contribution in [-0.2, 0) is 0 Å². The zero-order chi connectivity index (χ0) is 41.2. The van der Waals surface area contributed by atoms with Gasteiger partial charge in [0.05, 0.1) is 43.5 Å². The van der Waals surface area contributed by atoms with E-state index in [2.05, 4.69) is 215 Å². The van der Waals surface area contributed by atoms with E-state index < -0.39 is 0 Å². The van der Waals surface area contributed by atoms with Gasteiger partial charge in [-0.2, -0.15) is 0 Å². The fourth-order valence-electron chi connectivity index (χ4n) is 10.2. The highest BCUT2D eigenvalue weighted by Crippen LogP contribution is 2.48. The van der Waals surface area contributed by atoms with Crippen LogP contribution in [0, 0.1) is 0 Å². The highest BCUT2D eigenvalue weighted by Gasteiger charge is 2.26.